The second kappa shape index (κ2) is 5.49. The summed E-state index contributed by atoms with van der Waals surface area (Å²) in [5.74, 6) is 1.68. The number of carbonyl (C=O) groups excluding carboxylic acids is 2. The second-order valence-electron chi connectivity index (χ2n) is 5.06. The summed E-state index contributed by atoms with van der Waals surface area (Å²) in [7, 11) is 0. The van der Waals surface area contributed by atoms with Gasteiger partial charge in [-0.1, -0.05) is 18.2 Å². The van der Waals surface area contributed by atoms with Crippen molar-refractivity contribution in [2.24, 2.45) is 5.92 Å². The molecular weight excluding hydrogens is 256 g/mol. The van der Waals surface area contributed by atoms with Gasteiger partial charge in [-0.2, -0.15) is 0 Å². The molecule has 0 radical (unpaired) electrons. The van der Waals surface area contributed by atoms with Crippen LogP contribution in [0.1, 0.15) is 6.42 Å². The molecule has 2 aliphatic heterocycles. The van der Waals surface area contributed by atoms with E-state index in [1.54, 1.807) is 10.8 Å². The van der Waals surface area contributed by atoms with Gasteiger partial charge in [-0.15, -0.1) is 0 Å². The van der Waals surface area contributed by atoms with E-state index < -0.39 is 0 Å². The summed E-state index contributed by atoms with van der Waals surface area (Å²) in [6, 6.07) is 9.45. The van der Waals surface area contributed by atoms with Crippen molar-refractivity contribution in [3.05, 3.63) is 36.0 Å². The molecule has 1 unspecified atom stereocenters. The fourth-order valence-electron chi connectivity index (χ4n) is 2.86. The zero-order chi connectivity index (χ0) is 13.9. The maximum atomic E-state index is 12.4. The number of para-hydroxylation sites is 1. The Morgan fingerprint density at radius 1 is 1.30 bits per heavy atom. The topological polar surface area (TPSA) is 58.6 Å². The highest BCUT2D eigenvalue weighted by atomic mass is 16.5. The normalized spacial score (nSPS) is 26.3. The lowest BCUT2D eigenvalue weighted by molar-refractivity contribution is -0.116. The Kier molecular flexibility index (Phi) is 3.54. The van der Waals surface area contributed by atoms with Crippen molar-refractivity contribution in [1.82, 2.24) is 5.32 Å². The molecule has 20 heavy (non-hydrogen) atoms. The number of rotatable bonds is 2. The van der Waals surface area contributed by atoms with E-state index in [9.17, 15) is 9.59 Å². The van der Waals surface area contributed by atoms with Crippen LogP contribution in [0.15, 0.2) is 36.0 Å². The Morgan fingerprint density at radius 2 is 2.10 bits per heavy atom. The highest BCUT2D eigenvalue weighted by Gasteiger charge is 2.39. The standard InChI is InChI=1S/C15H16N2O3/c18-9-13-15(19)17(12-4-2-1-3-5-12)14(8-16-13)11-6-7-20-10-11/h1-5,11,14,16H,6-8,10H2/t11-,14?/m0/s1. The molecule has 1 aromatic carbocycles. The molecule has 1 aromatic rings. The fourth-order valence-corrected chi connectivity index (χ4v) is 2.86. The lowest BCUT2D eigenvalue weighted by Crippen LogP contribution is -2.57. The number of ether oxygens (including phenoxy) is 1. The number of hydrogen-bond acceptors (Lipinski definition) is 4. The van der Waals surface area contributed by atoms with Gasteiger partial charge in [0.05, 0.1) is 12.6 Å². The molecule has 5 heteroatoms. The highest BCUT2D eigenvalue weighted by molar-refractivity contribution is 6.11. The van der Waals surface area contributed by atoms with Crippen LogP contribution in [0.25, 0.3) is 0 Å². The van der Waals surface area contributed by atoms with Gasteiger partial charge in [0.2, 0.25) is 0 Å². The first kappa shape index (κ1) is 12.9. The van der Waals surface area contributed by atoms with E-state index >= 15 is 0 Å². The van der Waals surface area contributed by atoms with Crippen molar-refractivity contribution >= 4 is 17.5 Å². The Hall–Kier alpha value is -2.10. The Morgan fingerprint density at radius 3 is 2.75 bits per heavy atom. The van der Waals surface area contributed by atoms with Gasteiger partial charge < -0.3 is 15.0 Å². The summed E-state index contributed by atoms with van der Waals surface area (Å²) in [5, 5.41) is 2.89. The first-order chi connectivity index (χ1) is 9.81. The number of piperazine rings is 1. The van der Waals surface area contributed by atoms with Crippen LogP contribution < -0.4 is 10.2 Å². The average Bonchev–Trinajstić information content (AvgIpc) is 3.02. The molecule has 2 atom stereocenters. The van der Waals surface area contributed by atoms with E-state index in [0.717, 1.165) is 18.7 Å². The molecule has 1 N–H and O–H groups in total. The van der Waals surface area contributed by atoms with E-state index in [2.05, 4.69) is 5.32 Å². The molecule has 5 nitrogen and oxygen atoms in total. The number of hydrogen-bond donors (Lipinski definition) is 1. The average molecular weight is 272 g/mol. The first-order valence-corrected chi connectivity index (χ1v) is 6.76. The predicted molar refractivity (Wildman–Crippen MR) is 73.9 cm³/mol. The minimum absolute atomic E-state index is 0.00372. The van der Waals surface area contributed by atoms with Crippen molar-refractivity contribution in [3.63, 3.8) is 0 Å². The molecule has 0 spiro atoms. The second-order valence-corrected chi connectivity index (χ2v) is 5.06. The van der Waals surface area contributed by atoms with Crippen LogP contribution in [0.2, 0.25) is 0 Å². The smallest absolute Gasteiger partial charge is 0.286 e. The summed E-state index contributed by atoms with van der Waals surface area (Å²) in [5.41, 5.74) is 0.813. The number of carbonyl (C=O) groups is 1. The largest absolute Gasteiger partial charge is 0.381 e. The number of anilines is 1. The zero-order valence-electron chi connectivity index (χ0n) is 11.0. The molecular formula is C15H16N2O3. The van der Waals surface area contributed by atoms with Gasteiger partial charge in [-0.25, -0.2) is 4.79 Å². The molecule has 0 aliphatic carbocycles. The molecule has 2 fully saturated rings. The fraction of sp³-hybridized carbons (Fsp3) is 0.400. The monoisotopic (exact) mass is 272 g/mol. The molecule has 2 heterocycles. The first-order valence-electron chi connectivity index (χ1n) is 6.76. The molecule has 1 amide bonds. The third kappa shape index (κ3) is 2.22. The van der Waals surface area contributed by atoms with E-state index in [4.69, 9.17) is 4.74 Å². The van der Waals surface area contributed by atoms with Crippen molar-refractivity contribution in [2.45, 2.75) is 12.5 Å². The van der Waals surface area contributed by atoms with Gasteiger partial charge in [0.25, 0.3) is 5.91 Å². The predicted octanol–water partition coefficient (Wildman–Crippen LogP) is 0.743. The minimum Gasteiger partial charge on any atom is -0.381 e. The highest BCUT2D eigenvalue weighted by Crippen LogP contribution is 2.28. The summed E-state index contributed by atoms with van der Waals surface area (Å²) in [6.07, 6.45) is 0.934. The summed E-state index contributed by atoms with van der Waals surface area (Å²) in [4.78, 5) is 25.0. The number of amides is 1. The zero-order valence-corrected chi connectivity index (χ0v) is 11.0. The van der Waals surface area contributed by atoms with Crippen molar-refractivity contribution < 1.29 is 14.3 Å². The Labute approximate surface area is 117 Å². The van der Waals surface area contributed by atoms with Crippen LogP contribution in [-0.4, -0.2) is 37.6 Å². The van der Waals surface area contributed by atoms with Gasteiger partial charge in [0.15, 0.2) is 11.6 Å². The van der Waals surface area contributed by atoms with Crippen LogP contribution >= 0.6 is 0 Å². The van der Waals surface area contributed by atoms with Crippen molar-refractivity contribution in [1.29, 1.82) is 0 Å². The van der Waals surface area contributed by atoms with Gasteiger partial charge in [0, 0.05) is 24.8 Å². The molecule has 3 rings (SSSR count). The van der Waals surface area contributed by atoms with Gasteiger partial charge in [-0.3, -0.25) is 4.79 Å². The van der Waals surface area contributed by atoms with E-state index in [-0.39, 0.29) is 17.6 Å². The molecule has 2 saturated heterocycles. The molecule has 104 valence electrons. The SMILES string of the molecule is O=C=C1NCC([C@H]2CCOC2)N(c2ccccc2)C1=O. The maximum absolute atomic E-state index is 12.4. The number of nitrogens with one attached hydrogen (secondary N) is 1. The quantitative estimate of drug-likeness (QED) is 0.637. The van der Waals surface area contributed by atoms with E-state index in [0.29, 0.717) is 19.1 Å². The van der Waals surface area contributed by atoms with Gasteiger partial charge in [0.1, 0.15) is 0 Å². The third-order valence-corrected chi connectivity index (χ3v) is 3.90. The van der Waals surface area contributed by atoms with Crippen LogP contribution in [-0.2, 0) is 14.3 Å². The Balaban J connectivity index is 1.96. The summed E-state index contributed by atoms with van der Waals surface area (Å²) < 4.78 is 5.43. The summed E-state index contributed by atoms with van der Waals surface area (Å²) in [6.45, 7) is 1.94. The molecule has 0 bridgehead atoms. The summed E-state index contributed by atoms with van der Waals surface area (Å²) >= 11 is 0. The lowest BCUT2D eigenvalue weighted by Gasteiger charge is -2.39. The third-order valence-electron chi connectivity index (χ3n) is 3.90. The van der Waals surface area contributed by atoms with Gasteiger partial charge in [-0.05, 0) is 18.6 Å². The van der Waals surface area contributed by atoms with Crippen molar-refractivity contribution in [2.75, 3.05) is 24.7 Å². The van der Waals surface area contributed by atoms with Crippen LogP contribution in [0, 0.1) is 5.92 Å². The molecule has 0 saturated carbocycles. The minimum atomic E-state index is -0.311. The van der Waals surface area contributed by atoms with Gasteiger partial charge >= 0.3 is 0 Å². The lowest BCUT2D eigenvalue weighted by atomic mass is 9.94. The van der Waals surface area contributed by atoms with Crippen LogP contribution in [0.3, 0.4) is 0 Å². The van der Waals surface area contributed by atoms with Crippen molar-refractivity contribution in [3.8, 4) is 0 Å². The van der Waals surface area contributed by atoms with E-state index in [1.807, 2.05) is 30.3 Å². The Bertz CT molecular complexity index is 545. The molecule has 2 aliphatic rings. The number of benzene rings is 1. The van der Waals surface area contributed by atoms with Crippen LogP contribution in [0.5, 0.6) is 0 Å². The van der Waals surface area contributed by atoms with Crippen LogP contribution in [0.4, 0.5) is 5.69 Å². The number of nitrogens with zero attached hydrogens (tertiary/aromatic N) is 1. The maximum Gasteiger partial charge on any atom is 0.286 e. The molecule has 0 aromatic heterocycles. The van der Waals surface area contributed by atoms with E-state index in [1.165, 1.54) is 0 Å².